The molecular formula is C14H11BrClN3. The second-order valence-corrected chi connectivity index (χ2v) is 5.66. The van der Waals surface area contributed by atoms with Gasteiger partial charge in [0.15, 0.2) is 0 Å². The largest absolute Gasteiger partial charge is 0.369 e. The third-order valence-electron chi connectivity index (χ3n) is 3.04. The van der Waals surface area contributed by atoms with E-state index in [0.29, 0.717) is 11.0 Å². The average Bonchev–Trinajstić information content (AvgIpc) is 2.68. The van der Waals surface area contributed by atoms with Crippen LogP contribution in [0, 0.1) is 6.92 Å². The number of fused-ring (bicyclic) bond motifs is 1. The number of hydrogen-bond donors (Lipinski definition) is 1. The maximum atomic E-state index is 6.02. The summed E-state index contributed by atoms with van der Waals surface area (Å²) in [6, 6.07) is 11.7. The molecule has 0 radical (unpaired) electrons. The molecule has 2 N–H and O–H groups in total. The number of nitrogens with zero attached hydrogens (tertiary/aromatic N) is 2. The molecule has 0 amide bonds. The van der Waals surface area contributed by atoms with Crippen LogP contribution >= 0.6 is 27.5 Å². The number of aryl methyl sites for hydroxylation is 1. The molecule has 1 heterocycles. The molecule has 0 spiro atoms. The molecule has 0 bridgehead atoms. The van der Waals surface area contributed by atoms with Crippen molar-refractivity contribution < 1.29 is 0 Å². The molecule has 0 aliphatic rings. The van der Waals surface area contributed by atoms with Crippen molar-refractivity contribution >= 4 is 44.5 Å². The summed E-state index contributed by atoms with van der Waals surface area (Å²) in [5.74, 6) is 0.457. The summed E-state index contributed by atoms with van der Waals surface area (Å²) in [5, 5.41) is 0.657. The summed E-state index contributed by atoms with van der Waals surface area (Å²) < 4.78 is 2.99. The van der Waals surface area contributed by atoms with Crippen LogP contribution in [0.5, 0.6) is 0 Å². The molecule has 1 aromatic heterocycles. The topological polar surface area (TPSA) is 43.8 Å². The molecule has 3 nitrogen and oxygen atoms in total. The van der Waals surface area contributed by atoms with Crippen LogP contribution in [0.1, 0.15) is 5.56 Å². The number of benzene rings is 2. The summed E-state index contributed by atoms with van der Waals surface area (Å²) in [6.45, 7) is 2.04. The Bertz CT molecular complexity index is 780. The zero-order valence-corrected chi connectivity index (χ0v) is 12.5. The molecule has 3 rings (SSSR count). The van der Waals surface area contributed by atoms with Gasteiger partial charge in [0.25, 0.3) is 0 Å². The van der Waals surface area contributed by atoms with E-state index in [0.717, 1.165) is 26.8 Å². The van der Waals surface area contributed by atoms with Crippen molar-refractivity contribution in [3.8, 4) is 5.69 Å². The lowest BCUT2D eigenvalue weighted by molar-refractivity contribution is 1.10. The molecule has 3 aromatic rings. The number of rotatable bonds is 1. The number of aromatic nitrogens is 2. The first-order valence-electron chi connectivity index (χ1n) is 5.76. The summed E-state index contributed by atoms with van der Waals surface area (Å²) >= 11 is 9.47. The van der Waals surface area contributed by atoms with Gasteiger partial charge < -0.3 is 5.73 Å². The Morgan fingerprint density at radius 3 is 2.74 bits per heavy atom. The van der Waals surface area contributed by atoms with Gasteiger partial charge in [0.2, 0.25) is 5.95 Å². The standard InChI is InChI=1S/C14H11BrClN3/c1-8-6-10(3-4-11(8)15)19-13-5-2-9(16)7-12(13)18-14(19)17/h2-7H,1H3,(H2,17,18). The van der Waals surface area contributed by atoms with E-state index < -0.39 is 0 Å². The molecule has 0 saturated carbocycles. The van der Waals surface area contributed by atoms with Crippen LogP contribution < -0.4 is 5.73 Å². The number of anilines is 1. The van der Waals surface area contributed by atoms with Gasteiger partial charge in [0, 0.05) is 15.2 Å². The maximum absolute atomic E-state index is 6.02. The molecule has 96 valence electrons. The maximum Gasteiger partial charge on any atom is 0.205 e. The van der Waals surface area contributed by atoms with Gasteiger partial charge in [-0.25, -0.2) is 4.98 Å². The molecule has 0 saturated heterocycles. The zero-order chi connectivity index (χ0) is 13.6. The Morgan fingerprint density at radius 2 is 2.00 bits per heavy atom. The van der Waals surface area contributed by atoms with Gasteiger partial charge in [-0.1, -0.05) is 27.5 Å². The first-order chi connectivity index (χ1) is 9.06. The van der Waals surface area contributed by atoms with Crippen LogP contribution in [-0.4, -0.2) is 9.55 Å². The quantitative estimate of drug-likeness (QED) is 0.718. The van der Waals surface area contributed by atoms with Gasteiger partial charge in [0.1, 0.15) is 0 Å². The summed E-state index contributed by atoms with van der Waals surface area (Å²) in [6.07, 6.45) is 0. The Morgan fingerprint density at radius 1 is 1.21 bits per heavy atom. The van der Waals surface area contributed by atoms with Crippen molar-refractivity contribution in [2.45, 2.75) is 6.92 Å². The van der Waals surface area contributed by atoms with E-state index in [9.17, 15) is 0 Å². The van der Waals surface area contributed by atoms with Crippen molar-refractivity contribution in [3.63, 3.8) is 0 Å². The molecule has 0 aliphatic heterocycles. The number of halogens is 2. The highest BCUT2D eigenvalue weighted by Gasteiger charge is 2.10. The third kappa shape index (κ3) is 2.11. The van der Waals surface area contributed by atoms with E-state index in [-0.39, 0.29) is 0 Å². The predicted octanol–water partition coefficient (Wildman–Crippen LogP) is 4.33. The first kappa shape index (κ1) is 12.5. The monoisotopic (exact) mass is 335 g/mol. The summed E-state index contributed by atoms with van der Waals surface area (Å²) in [5.41, 5.74) is 9.90. The lowest BCUT2D eigenvalue weighted by atomic mass is 10.2. The van der Waals surface area contributed by atoms with Gasteiger partial charge in [-0.2, -0.15) is 0 Å². The van der Waals surface area contributed by atoms with E-state index in [4.69, 9.17) is 17.3 Å². The van der Waals surface area contributed by atoms with Crippen molar-refractivity contribution in [2.75, 3.05) is 5.73 Å². The van der Waals surface area contributed by atoms with E-state index in [1.54, 1.807) is 0 Å². The number of nitrogens with two attached hydrogens (primary N) is 1. The van der Waals surface area contributed by atoms with Crippen LogP contribution in [0.15, 0.2) is 40.9 Å². The van der Waals surface area contributed by atoms with E-state index in [1.165, 1.54) is 0 Å². The van der Waals surface area contributed by atoms with Gasteiger partial charge >= 0.3 is 0 Å². The molecule has 5 heteroatoms. The van der Waals surface area contributed by atoms with Crippen molar-refractivity contribution in [2.24, 2.45) is 0 Å². The highest BCUT2D eigenvalue weighted by Crippen LogP contribution is 2.27. The lowest BCUT2D eigenvalue weighted by Gasteiger charge is -2.08. The Balaban J connectivity index is 2.29. The van der Waals surface area contributed by atoms with Crippen LogP contribution in [0.3, 0.4) is 0 Å². The number of nitrogen functional groups attached to an aromatic ring is 1. The first-order valence-corrected chi connectivity index (χ1v) is 6.93. The molecule has 0 fully saturated rings. The van der Waals surface area contributed by atoms with Gasteiger partial charge in [-0.05, 0) is 48.9 Å². The SMILES string of the molecule is Cc1cc(-n2c(N)nc3cc(Cl)ccc32)ccc1Br. The van der Waals surface area contributed by atoms with Crippen molar-refractivity contribution in [1.82, 2.24) is 9.55 Å². The van der Waals surface area contributed by atoms with Crippen LogP contribution in [-0.2, 0) is 0 Å². The Kier molecular flexibility index (Phi) is 2.99. The van der Waals surface area contributed by atoms with Crippen LogP contribution in [0.4, 0.5) is 5.95 Å². The highest BCUT2D eigenvalue weighted by molar-refractivity contribution is 9.10. The van der Waals surface area contributed by atoms with Crippen LogP contribution in [0.25, 0.3) is 16.7 Å². The van der Waals surface area contributed by atoms with Gasteiger partial charge in [-0.15, -0.1) is 0 Å². The fourth-order valence-corrected chi connectivity index (χ4v) is 2.52. The second kappa shape index (κ2) is 4.54. The predicted molar refractivity (Wildman–Crippen MR) is 82.9 cm³/mol. The number of imidazole rings is 1. The fraction of sp³-hybridized carbons (Fsp3) is 0.0714. The third-order valence-corrected chi connectivity index (χ3v) is 4.17. The summed E-state index contributed by atoms with van der Waals surface area (Å²) in [7, 11) is 0. The minimum absolute atomic E-state index is 0.457. The van der Waals surface area contributed by atoms with Crippen LogP contribution in [0.2, 0.25) is 5.02 Å². The van der Waals surface area contributed by atoms with Gasteiger partial charge in [0.05, 0.1) is 11.0 Å². The summed E-state index contributed by atoms with van der Waals surface area (Å²) in [4.78, 5) is 4.35. The normalized spacial score (nSPS) is 11.1. The fourth-order valence-electron chi connectivity index (χ4n) is 2.11. The molecular weight excluding hydrogens is 326 g/mol. The van der Waals surface area contributed by atoms with E-state index in [2.05, 4.69) is 27.0 Å². The molecule has 0 atom stereocenters. The molecule has 2 aromatic carbocycles. The molecule has 0 unspecified atom stereocenters. The van der Waals surface area contributed by atoms with E-state index >= 15 is 0 Å². The Labute approximate surface area is 124 Å². The lowest BCUT2D eigenvalue weighted by Crippen LogP contribution is -2.00. The second-order valence-electron chi connectivity index (χ2n) is 4.37. The molecule has 19 heavy (non-hydrogen) atoms. The minimum Gasteiger partial charge on any atom is -0.369 e. The van der Waals surface area contributed by atoms with Gasteiger partial charge in [-0.3, -0.25) is 4.57 Å². The van der Waals surface area contributed by atoms with Crippen molar-refractivity contribution in [1.29, 1.82) is 0 Å². The average molecular weight is 337 g/mol. The minimum atomic E-state index is 0.457. The Hall–Kier alpha value is -1.52. The van der Waals surface area contributed by atoms with Crippen molar-refractivity contribution in [3.05, 3.63) is 51.5 Å². The zero-order valence-electron chi connectivity index (χ0n) is 10.2. The van der Waals surface area contributed by atoms with E-state index in [1.807, 2.05) is 41.8 Å². The smallest absolute Gasteiger partial charge is 0.205 e. The highest BCUT2D eigenvalue weighted by atomic mass is 79.9. The number of hydrogen-bond acceptors (Lipinski definition) is 2. The molecule has 0 aliphatic carbocycles.